The van der Waals surface area contributed by atoms with Crippen LogP contribution in [0.2, 0.25) is 0 Å². The minimum Gasteiger partial charge on any atom is -0.395 e. The van der Waals surface area contributed by atoms with Crippen molar-refractivity contribution in [2.75, 3.05) is 6.61 Å². The lowest BCUT2D eigenvalue weighted by molar-refractivity contribution is 0.0928. The number of nitrogens with one attached hydrogen (secondary N) is 1. The molecule has 0 radical (unpaired) electrons. The van der Waals surface area contributed by atoms with Gasteiger partial charge in [-0.15, -0.1) is 11.3 Å². The lowest BCUT2D eigenvalue weighted by atomic mass is 9.95. The van der Waals surface area contributed by atoms with Gasteiger partial charge in [-0.3, -0.25) is 4.79 Å². The SMILES string of the molecule is Cc1nc(C(=O)N[C@H]2CCc3c(nc(C)n3CCO)C2)c(C)s1. The first-order valence-corrected chi connectivity index (χ1v) is 8.72. The van der Waals surface area contributed by atoms with Gasteiger partial charge in [0, 0.05) is 29.6 Å². The Morgan fingerprint density at radius 2 is 2.17 bits per heavy atom. The Labute approximate surface area is 139 Å². The fourth-order valence-corrected chi connectivity index (χ4v) is 4.09. The highest BCUT2D eigenvalue weighted by Crippen LogP contribution is 2.23. The molecule has 0 bridgehead atoms. The number of aryl methyl sites for hydroxylation is 3. The average molecular weight is 334 g/mol. The zero-order valence-electron chi connectivity index (χ0n) is 13.7. The number of carbonyl (C=O) groups is 1. The Kier molecular flexibility index (Phi) is 4.50. The van der Waals surface area contributed by atoms with Crippen molar-refractivity contribution in [3.8, 4) is 0 Å². The van der Waals surface area contributed by atoms with Gasteiger partial charge in [0.25, 0.3) is 5.91 Å². The molecule has 0 fully saturated rings. The highest BCUT2D eigenvalue weighted by molar-refractivity contribution is 7.11. The van der Waals surface area contributed by atoms with Crippen molar-refractivity contribution in [1.29, 1.82) is 0 Å². The van der Waals surface area contributed by atoms with E-state index in [1.165, 1.54) is 5.69 Å². The van der Waals surface area contributed by atoms with Crippen LogP contribution in [-0.2, 0) is 19.4 Å². The highest BCUT2D eigenvalue weighted by Gasteiger charge is 2.26. The van der Waals surface area contributed by atoms with Gasteiger partial charge in [-0.2, -0.15) is 0 Å². The first kappa shape index (κ1) is 16.1. The number of hydrogen-bond acceptors (Lipinski definition) is 5. The minimum absolute atomic E-state index is 0.0909. The Balaban J connectivity index is 1.71. The number of thiazole rings is 1. The van der Waals surface area contributed by atoms with Crippen LogP contribution >= 0.6 is 11.3 Å². The number of fused-ring (bicyclic) bond motifs is 1. The number of aliphatic hydroxyl groups is 1. The number of nitrogens with zero attached hydrogens (tertiary/aromatic N) is 3. The third-order valence-corrected chi connectivity index (χ3v) is 5.18. The molecule has 124 valence electrons. The lowest BCUT2D eigenvalue weighted by Crippen LogP contribution is -2.39. The van der Waals surface area contributed by atoms with E-state index in [0.717, 1.165) is 40.7 Å². The minimum atomic E-state index is -0.0909. The molecule has 0 saturated carbocycles. The van der Waals surface area contributed by atoms with E-state index in [9.17, 15) is 9.90 Å². The van der Waals surface area contributed by atoms with E-state index in [4.69, 9.17) is 0 Å². The molecule has 2 heterocycles. The van der Waals surface area contributed by atoms with E-state index in [-0.39, 0.29) is 18.6 Å². The summed E-state index contributed by atoms with van der Waals surface area (Å²) in [7, 11) is 0. The summed E-state index contributed by atoms with van der Waals surface area (Å²) in [6.07, 6.45) is 2.50. The molecule has 0 saturated heterocycles. The van der Waals surface area contributed by atoms with Crippen LogP contribution < -0.4 is 5.32 Å². The van der Waals surface area contributed by atoms with Gasteiger partial charge in [-0.05, 0) is 33.6 Å². The molecule has 0 aliphatic heterocycles. The van der Waals surface area contributed by atoms with Gasteiger partial charge >= 0.3 is 0 Å². The summed E-state index contributed by atoms with van der Waals surface area (Å²) in [5, 5.41) is 13.2. The van der Waals surface area contributed by atoms with E-state index in [1.54, 1.807) is 11.3 Å². The molecular formula is C16H22N4O2S. The molecule has 1 aliphatic carbocycles. The second kappa shape index (κ2) is 6.41. The van der Waals surface area contributed by atoms with Crippen LogP contribution in [0.5, 0.6) is 0 Å². The van der Waals surface area contributed by atoms with Crippen molar-refractivity contribution in [3.63, 3.8) is 0 Å². The number of imidazole rings is 1. The van der Waals surface area contributed by atoms with E-state index in [1.807, 2.05) is 20.8 Å². The van der Waals surface area contributed by atoms with Crippen molar-refractivity contribution in [2.24, 2.45) is 0 Å². The standard InChI is InChI=1S/C16H22N4O2S/c1-9-15(18-11(3)23-9)16(22)19-12-4-5-14-13(8-12)17-10(2)20(14)6-7-21/h12,21H,4-8H2,1-3H3,(H,19,22)/t12-/m0/s1. The molecular weight excluding hydrogens is 312 g/mol. The van der Waals surface area contributed by atoms with Gasteiger partial charge in [0.05, 0.1) is 17.3 Å². The van der Waals surface area contributed by atoms with E-state index in [2.05, 4.69) is 19.9 Å². The van der Waals surface area contributed by atoms with Crippen LogP contribution in [-0.4, -0.2) is 38.2 Å². The van der Waals surface area contributed by atoms with Crippen molar-refractivity contribution >= 4 is 17.2 Å². The molecule has 2 aromatic heterocycles. The fraction of sp³-hybridized carbons (Fsp3) is 0.562. The average Bonchev–Trinajstić information content (AvgIpc) is 2.99. The second-order valence-electron chi connectivity index (χ2n) is 5.98. The van der Waals surface area contributed by atoms with Gasteiger partial charge in [0.2, 0.25) is 0 Å². The monoisotopic (exact) mass is 334 g/mol. The topological polar surface area (TPSA) is 80.0 Å². The van der Waals surface area contributed by atoms with Crippen LogP contribution in [0.3, 0.4) is 0 Å². The number of amides is 1. The first-order chi connectivity index (χ1) is 11.0. The quantitative estimate of drug-likeness (QED) is 0.889. The Bertz CT molecular complexity index is 735. The van der Waals surface area contributed by atoms with Gasteiger partial charge in [0.15, 0.2) is 0 Å². The number of hydrogen-bond donors (Lipinski definition) is 2. The molecule has 6 nitrogen and oxygen atoms in total. The molecule has 0 unspecified atom stereocenters. The lowest BCUT2D eigenvalue weighted by Gasteiger charge is -2.23. The largest absolute Gasteiger partial charge is 0.395 e. The molecule has 1 aliphatic rings. The molecule has 1 amide bonds. The van der Waals surface area contributed by atoms with E-state index in [0.29, 0.717) is 12.2 Å². The Morgan fingerprint density at radius 1 is 1.39 bits per heavy atom. The maximum Gasteiger partial charge on any atom is 0.271 e. The van der Waals surface area contributed by atoms with Gasteiger partial charge < -0.3 is 15.0 Å². The van der Waals surface area contributed by atoms with Crippen LogP contribution in [0.4, 0.5) is 0 Å². The van der Waals surface area contributed by atoms with E-state index >= 15 is 0 Å². The normalized spacial score (nSPS) is 17.1. The molecule has 2 N–H and O–H groups in total. The second-order valence-corrected chi connectivity index (χ2v) is 7.39. The maximum absolute atomic E-state index is 12.4. The van der Waals surface area contributed by atoms with Crippen molar-refractivity contribution in [1.82, 2.24) is 19.9 Å². The number of aliphatic hydroxyl groups excluding tert-OH is 1. The summed E-state index contributed by atoms with van der Waals surface area (Å²) in [5.41, 5.74) is 2.78. The van der Waals surface area contributed by atoms with Gasteiger partial charge in [-0.1, -0.05) is 0 Å². The van der Waals surface area contributed by atoms with Gasteiger partial charge in [0.1, 0.15) is 11.5 Å². The Hall–Kier alpha value is -1.73. The molecule has 3 rings (SSSR count). The summed E-state index contributed by atoms with van der Waals surface area (Å²) < 4.78 is 2.08. The number of carbonyl (C=O) groups excluding carboxylic acids is 1. The molecule has 23 heavy (non-hydrogen) atoms. The summed E-state index contributed by atoms with van der Waals surface area (Å²) >= 11 is 1.55. The number of aromatic nitrogens is 3. The summed E-state index contributed by atoms with van der Waals surface area (Å²) in [6, 6.07) is 0.0910. The molecule has 1 atom stereocenters. The summed E-state index contributed by atoms with van der Waals surface area (Å²) in [5.74, 6) is 0.841. The smallest absolute Gasteiger partial charge is 0.271 e. The predicted octanol–water partition coefficient (Wildman–Crippen LogP) is 1.54. The maximum atomic E-state index is 12.4. The molecule has 7 heteroatoms. The summed E-state index contributed by atoms with van der Waals surface area (Å²) in [6.45, 7) is 6.51. The van der Waals surface area contributed by atoms with Crippen LogP contribution in [0.1, 0.15) is 44.0 Å². The molecule has 0 spiro atoms. The van der Waals surface area contributed by atoms with E-state index < -0.39 is 0 Å². The third-order valence-electron chi connectivity index (χ3n) is 4.29. The van der Waals surface area contributed by atoms with Crippen molar-refractivity contribution in [2.45, 2.75) is 52.6 Å². The summed E-state index contributed by atoms with van der Waals surface area (Å²) in [4.78, 5) is 22.3. The van der Waals surface area contributed by atoms with Crippen LogP contribution in [0, 0.1) is 20.8 Å². The van der Waals surface area contributed by atoms with Crippen molar-refractivity contribution < 1.29 is 9.90 Å². The fourth-order valence-electron chi connectivity index (χ4n) is 3.27. The molecule has 0 aromatic carbocycles. The van der Waals surface area contributed by atoms with Crippen LogP contribution in [0.25, 0.3) is 0 Å². The highest BCUT2D eigenvalue weighted by atomic mass is 32.1. The number of rotatable bonds is 4. The van der Waals surface area contributed by atoms with Crippen molar-refractivity contribution in [3.05, 3.63) is 32.8 Å². The van der Waals surface area contributed by atoms with Gasteiger partial charge in [-0.25, -0.2) is 9.97 Å². The Morgan fingerprint density at radius 3 is 2.83 bits per heavy atom. The predicted molar refractivity (Wildman–Crippen MR) is 88.9 cm³/mol. The van der Waals surface area contributed by atoms with Crippen LogP contribution in [0.15, 0.2) is 0 Å². The zero-order valence-corrected chi connectivity index (χ0v) is 14.5. The molecule has 2 aromatic rings. The zero-order chi connectivity index (χ0) is 16.6. The third kappa shape index (κ3) is 3.16. The first-order valence-electron chi connectivity index (χ1n) is 7.90.